The second-order valence-corrected chi connectivity index (χ2v) is 9.53. The fourth-order valence-electron chi connectivity index (χ4n) is 3.64. The van der Waals surface area contributed by atoms with Crippen molar-refractivity contribution in [2.75, 3.05) is 44.9 Å². The molecule has 1 fully saturated rings. The molecule has 2 aromatic rings. The van der Waals surface area contributed by atoms with Crippen LogP contribution in [0.15, 0.2) is 41.3 Å². The number of carbonyl (C=O) groups is 2. The van der Waals surface area contributed by atoms with Crippen LogP contribution in [0.2, 0.25) is 5.02 Å². The van der Waals surface area contributed by atoms with Gasteiger partial charge in [-0.25, -0.2) is 12.8 Å². The van der Waals surface area contributed by atoms with E-state index < -0.39 is 27.5 Å². The molecule has 164 valence electrons. The second-order valence-electron chi connectivity index (χ2n) is 7.18. The molecule has 2 heterocycles. The monoisotopic (exact) mass is 467 g/mol. The number of fused-ring (bicyclic) bond motifs is 1. The number of piperazine rings is 1. The van der Waals surface area contributed by atoms with E-state index >= 15 is 0 Å². The molecular weight excluding hydrogens is 449 g/mol. The first-order valence-electron chi connectivity index (χ1n) is 9.44. The molecule has 0 atom stereocenters. The lowest BCUT2D eigenvalue weighted by atomic mass is 10.1. The number of hydrogen-bond donors (Lipinski definition) is 0. The minimum atomic E-state index is -3.82. The number of methoxy groups -OCH3 is 1. The molecule has 4 rings (SSSR count). The van der Waals surface area contributed by atoms with E-state index in [1.807, 2.05) is 4.90 Å². The Hall–Kier alpha value is -2.53. The first-order chi connectivity index (χ1) is 14.7. The third-order valence-electron chi connectivity index (χ3n) is 5.38. The van der Waals surface area contributed by atoms with Gasteiger partial charge in [0.25, 0.3) is 5.78 Å². The zero-order chi connectivity index (χ0) is 22.3. The molecule has 1 saturated heterocycles. The van der Waals surface area contributed by atoms with Gasteiger partial charge in [-0.05, 0) is 30.3 Å². The third-order valence-corrected chi connectivity index (χ3v) is 7.57. The quantitative estimate of drug-likeness (QED) is 0.625. The Morgan fingerprint density at radius 1 is 1.06 bits per heavy atom. The van der Waals surface area contributed by atoms with Gasteiger partial charge in [-0.15, -0.1) is 0 Å². The van der Waals surface area contributed by atoms with E-state index in [9.17, 15) is 22.4 Å². The van der Waals surface area contributed by atoms with Crippen LogP contribution in [0.1, 0.15) is 10.4 Å². The molecule has 0 saturated carbocycles. The van der Waals surface area contributed by atoms with Crippen LogP contribution in [0.25, 0.3) is 0 Å². The van der Waals surface area contributed by atoms with Gasteiger partial charge in [0.05, 0.1) is 34.9 Å². The smallest absolute Gasteiger partial charge is 0.300 e. The van der Waals surface area contributed by atoms with Gasteiger partial charge in [-0.2, -0.15) is 4.31 Å². The maximum atomic E-state index is 13.4. The maximum Gasteiger partial charge on any atom is 0.300 e. The Morgan fingerprint density at radius 2 is 1.77 bits per heavy atom. The van der Waals surface area contributed by atoms with E-state index in [4.69, 9.17) is 16.3 Å². The fourth-order valence-corrected chi connectivity index (χ4v) is 5.33. The number of amides is 1. The topological polar surface area (TPSA) is 87.2 Å². The highest BCUT2D eigenvalue weighted by molar-refractivity contribution is 7.89. The Bertz CT molecular complexity index is 1170. The summed E-state index contributed by atoms with van der Waals surface area (Å²) in [5.41, 5.74) is 0.797. The van der Waals surface area contributed by atoms with Crippen molar-refractivity contribution in [3.8, 4) is 5.75 Å². The van der Waals surface area contributed by atoms with Gasteiger partial charge in [-0.3, -0.25) is 19.4 Å². The molecule has 0 aliphatic carbocycles. The van der Waals surface area contributed by atoms with Crippen LogP contribution in [0.3, 0.4) is 0 Å². The summed E-state index contributed by atoms with van der Waals surface area (Å²) in [6.45, 7) is 1.22. The number of carbonyl (C=O) groups excluding carboxylic acids is 2. The molecular formula is C20H19ClFN3O5S. The second kappa shape index (κ2) is 8.19. The van der Waals surface area contributed by atoms with E-state index in [1.54, 1.807) is 18.2 Å². The van der Waals surface area contributed by atoms with Gasteiger partial charge >= 0.3 is 5.91 Å². The molecule has 2 aliphatic rings. The number of ether oxygens (including phenoxy) is 1. The first-order valence-corrected chi connectivity index (χ1v) is 11.3. The van der Waals surface area contributed by atoms with E-state index in [-0.39, 0.29) is 29.7 Å². The van der Waals surface area contributed by atoms with E-state index in [0.717, 1.165) is 12.1 Å². The predicted molar refractivity (Wildman–Crippen MR) is 111 cm³/mol. The van der Waals surface area contributed by atoms with Crippen molar-refractivity contribution in [3.05, 3.63) is 52.8 Å². The zero-order valence-corrected chi connectivity index (χ0v) is 18.1. The van der Waals surface area contributed by atoms with E-state index in [0.29, 0.717) is 30.1 Å². The van der Waals surface area contributed by atoms with Crippen LogP contribution < -0.4 is 9.64 Å². The molecule has 2 aromatic carbocycles. The standard InChI is InChI=1S/C20H19ClFN3O5S/c1-30-13-2-4-15-18(10-13)25(20(27)19(15)26)12-23-6-8-24(9-7-23)31(28,29)14-3-5-17(22)16(21)11-14/h2-5,10-11H,6-9,12H2,1H3. The van der Waals surface area contributed by atoms with Gasteiger partial charge in [0.2, 0.25) is 10.0 Å². The number of hydrogen-bond acceptors (Lipinski definition) is 6. The predicted octanol–water partition coefficient (Wildman–Crippen LogP) is 1.98. The maximum absolute atomic E-state index is 13.4. The largest absolute Gasteiger partial charge is 0.497 e. The average Bonchev–Trinajstić information content (AvgIpc) is 3.00. The molecule has 0 spiro atoms. The number of nitrogens with zero attached hydrogens (tertiary/aromatic N) is 3. The molecule has 8 nitrogen and oxygen atoms in total. The van der Waals surface area contributed by atoms with Gasteiger partial charge in [-0.1, -0.05) is 11.6 Å². The number of benzene rings is 2. The Balaban J connectivity index is 1.46. The van der Waals surface area contributed by atoms with Crippen molar-refractivity contribution in [1.29, 1.82) is 0 Å². The lowest BCUT2D eigenvalue weighted by Gasteiger charge is -2.35. The summed E-state index contributed by atoms with van der Waals surface area (Å²) < 4.78 is 45.5. The summed E-state index contributed by atoms with van der Waals surface area (Å²) in [6.07, 6.45) is 0. The Labute approximate surface area is 183 Å². The molecule has 1 amide bonds. The summed E-state index contributed by atoms with van der Waals surface area (Å²) in [4.78, 5) is 27.9. The van der Waals surface area contributed by atoms with Gasteiger partial charge in [0.15, 0.2) is 0 Å². The SMILES string of the molecule is COc1ccc2c(c1)N(CN1CCN(S(=O)(=O)c3ccc(F)c(Cl)c3)CC1)C(=O)C2=O. The molecule has 0 unspecified atom stereocenters. The third kappa shape index (κ3) is 3.91. The van der Waals surface area contributed by atoms with Crippen molar-refractivity contribution in [3.63, 3.8) is 0 Å². The minimum absolute atomic E-state index is 0.0753. The molecule has 0 N–H and O–H groups in total. The van der Waals surface area contributed by atoms with Crippen LogP contribution >= 0.6 is 11.6 Å². The van der Waals surface area contributed by atoms with Crippen LogP contribution in [0.4, 0.5) is 10.1 Å². The van der Waals surface area contributed by atoms with E-state index in [1.165, 1.54) is 22.4 Å². The number of Topliss-reactive ketones (excluding diaryl/α,β-unsaturated/α-hetero) is 1. The van der Waals surface area contributed by atoms with Gasteiger partial charge < -0.3 is 4.74 Å². The summed E-state index contributed by atoms with van der Waals surface area (Å²) in [5, 5.41) is -0.258. The van der Waals surface area contributed by atoms with Crippen LogP contribution in [0.5, 0.6) is 5.75 Å². The molecule has 0 bridgehead atoms. The van der Waals surface area contributed by atoms with Crippen molar-refractivity contribution >= 4 is 39.0 Å². The number of sulfonamides is 1. The summed E-state index contributed by atoms with van der Waals surface area (Å²) in [6, 6.07) is 8.12. The van der Waals surface area contributed by atoms with Crippen molar-refractivity contribution < 1.29 is 27.1 Å². The highest BCUT2D eigenvalue weighted by atomic mass is 35.5. The Kier molecular flexibility index (Phi) is 5.73. The molecule has 2 aliphatic heterocycles. The Morgan fingerprint density at radius 3 is 2.42 bits per heavy atom. The minimum Gasteiger partial charge on any atom is -0.497 e. The van der Waals surface area contributed by atoms with Crippen LogP contribution in [-0.4, -0.2) is 69.3 Å². The molecule has 11 heteroatoms. The number of ketones is 1. The van der Waals surface area contributed by atoms with E-state index in [2.05, 4.69) is 0 Å². The highest BCUT2D eigenvalue weighted by Gasteiger charge is 2.38. The number of anilines is 1. The molecule has 0 radical (unpaired) electrons. The summed E-state index contributed by atoms with van der Waals surface area (Å²) in [7, 11) is -2.33. The average molecular weight is 468 g/mol. The normalized spacial score (nSPS) is 17.8. The van der Waals surface area contributed by atoms with Gasteiger partial charge in [0, 0.05) is 32.2 Å². The highest BCUT2D eigenvalue weighted by Crippen LogP contribution is 2.33. The summed E-state index contributed by atoms with van der Waals surface area (Å²) >= 11 is 5.73. The zero-order valence-electron chi connectivity index (χ0n) is 16.5. The fraction of sp³-hybridized carbons (Fsp3) is 0.300. The van der Waals surface area contributed by atoms with Gasteiger partial charge in [0.1, 0.15) is 11.6 Å². The van der Waals surface area contributed by atoms with Crippen molar-refractivity contribution in [2.24, 2.45) is 0 Å². The lowest BCUT2D eigenvalue weighted by Crippen LogP contribution is -2.52. The first kappa shape index (κ1) is 21.7. The molecule has 31 heavy (non-hydrogen) atoms. The van der Waals surface area contributed by atoms with Crippen LogP contribution in [0, 0.1) is 5.82 Å². The molecule has 0 aromatic heterocycles. The number of halogens is 2. The van der Waals surface area contributed by atoms with Crippen molar-refractivity contribution in [2.45, 2.75) is 4.90 Å². The van der Waals surface area contributed by atoms with Crippen LogP contribution in [-0.2, 0) is 14.8 Å². The summed E-state index contributed by atoms with van der Waals surface area (Å²) in [5.74, 6) is -1.36. The number of rotatable bonds is 5. The van der Waals surface area contributed by atoms with Crippen molar-refractivity contribution in [1.82, 2.24) is 9.21 Å². The lowest BCUT2D eigenvalue weighted by molar-refractivity contribution is -0.114.